The van der Waals surface area contributed by atoms with Gasteiger partial charge in [-0.15, -0.1) is 11.3 Å². The van der Waals surface area contributed by atoms with E-state index in [0.717, 1.165) is 26.4 Å². The largest absolute Gasteiger partial charge is 0.230 e. The molecule has 0 fully saturated rings. The summed E-state index contributed by atoms with van der Waals surface area (Å²) in [4.78, 5) is 4.69. The van der Waals surface area contributed by atoms with Gasteiger partial charge in [0.15, 0.2) is 4.34 Å². The fourth-order valence-electron chi connectivity index (χ4n) is 1.99. The molecule has 3 aromatic rings. The topological polar surface area (TPSA) is 12.9 Å². The second-order valence-corrected chi connectivity index (χ2v) is 7.24. The zero-order valence-electron chi connectivity index (χ0n) is 11.5. The molecule has 1 aromatic heterocycles. The van der Waals surface area contributed by atoms with Gasteiger partial charge >= 0.3 is 0 Å². The van der Waals surface area contributed by atoms with Crippen molar-refractivity contribution in [3.63, 3.8) is 0 Å². The van der Waals surface area contributed by atoms with Crippen LogP contribution < -0.4 is 0 Å². The number of hydrogen-bond donors (Lipinski definition) is 0. The number of thiazole rings is 1. The summed E-state index contributed by atoms with van der Waals surface area (Å²) in [5.74, 6) is 0.959. The van der Waals surface area contributed by atoms with Crippen molar-refractivity contribution in [3.8, 4) is 11.3 Å². The van der Waals surface area contributed by atoms with Crippen molar-refractivity contribution < 1.29 is 0 Å². The highest BCUT2D eigenvalue weighted by molar-refractivity contribution is 8.00. The van der Waals surface area contributed by atoms with Gasteiger partial charge in [0.2, 0.25) is 0 Å². The maximum absolute atomic E-state index is 5.91. The molecule has 0 spiro atoms. The maximum atomic E-state index is 5.91. The Balaban J connectivity index is 1.71. The Bertz CT molecular complexity index is 735. The predicted molar refractivity (Wildman–Crippen MR) is 93.3 cm³/mol. The number of halogens is 1. The molecule has 3 rings (SSSR count). The molecule has 1 nitrogen and oxygen atoms in total. The third-order valence-corrected chi connectivity index (χ3v) is 5.56. The van der Waals surface area contributed by atoms with Gasteiger partial charge < -0.3 is 0 Å². The van der Waals surface area contributed by atoms with Crippen molar-refractivity contribution in [2.45, 2.75) is 17.0 Å². The average molecular weight is 332 g/mol. The molecule has 0 aliphatic heterocycles. The minimum atomic E-state index is 0.753. The van der Waals surface area contributed by atoms with Crippen LogP contribution in [0.5, 0.6) is 0 Å². The van der Waals surface area contributed by atoms with Crippen molar-refractivity contribution in [1.29, 1.82) is 0 Å². The number of hydrogen-bond acceptors (Lipinski definition) is 3. The summed E-state index contributed by atoms with van der Waals surface area (Å²) >= 11 is 9.40. The van der Waals surface area contributed by atoms with Gasteiger partial charge in [-0.3, -0.25) is 0 Å². The van der Waals surface area contributed by atoms with Gasteiger partial charge in [0, 0.05) is 21.7 Å². The highest BCUT2D eigenvalue weighted by atomic mass is 35.5. The number of nitrogens with zero attached hydrogens (tertiary/aromatic N) is 1. The summed E-state index contributed by atoms with van der Waals surface area (Å²) in [7, 11) is 0. The fraction of sp³-hybridized carbons (Fsp3) is 0.118. The third kappa shape index (κ3) is 3.67. The lowest BCUT2D eigenvalue weighted by Gasteiger charge is -2.03. The van der Waals surface area contributed by atoms with Crippen LogP contribution >= 0.6 is 34.7 Å². The molecule has 21 heavy (non-hydrogen) atoms. The Morgan fingerprint density at radius 1 is 1.10 bits per heavy atom. The van der Waals surface area contributed by atoms with Crippen molar-refractivity contribution in [1.82, 2.24) is 4.98 Å². The summed E-state index contributed by atoms with van der Waals surface area (Å²) in [5, 5.41) is 2.85. The summed E-state index contributed by atoms with van der Waals surface area (Å²) < 4.78 is 1.10. The summed E-state index contributed by atoms with van der Waals surface area (Å²) in [6.45, 7) is 2.15. The lowest BCUT2D eigenvalue weighted by atomic mass is 10.1. The first kappa shape index (κ1) is 14.6. The Morgan fingerprint density at radius 3 is 2.62 bits per heavy atom. The van der Waals surface area contributed by atoms with Gasteiger partial charge in [-0.25, -0.2) is 4.98 Å². The van der Waals surface area contributed by atoms with Crippen LogP contribution in [-0.4, -0.2) is 4.98 Å². The Morgan fingerprint density at radius 2 is 1.86 bits per heavy atom. The van der Waals surface area contributed by atoms with Gasteiger partial charge in [0.1, 0.15) is 0 Å². The summed E-state index contributed by atoms with van der Waals surface area (Å²) in [6.07, 6.45) is 0. The first-order valence-corrected chi connectivity index (χ1v) is 8.85. The van der Waals surface area contributed by atoms with Crippen LogP contribution in [0, 0.1) is 6.92 Å². The minimum Gasteiger partial charge on any atom is -0.230 e. The van der Waals surface area contributed by atoms with E-state index in [1.165, 1.54) is 11.1 Å². The first-order valence-electron chi connectivity index (χ1n) is 6.61. The molecule has 2 aromatic carbocycles. The van der Waals surface area contributed by atoms with E-state index in [1.807, 2.05) is 24.3 Å². The highest BCUT2D eigenvalue weighted by Gasteiger charge is 2.06. The van der Waals surface area contributed by atoms with Crippen molar-refractivity contribution >= 4 is 34.7 Å². The average Bonchev–Trinajstić information content (AvgIpc) is 2.96. The quantitative estimate of drug-likeness (QED) is 0.538. The fourth-order valence-corrected chi connectivity index (χ4v) is 4.03. The molecule has 0 saturated heterocycles. The molecule has 0 aliphatic carbocycles. The molecule has 0 radical (unpaired) electrons. The van der Waals surface area contributed by atoms with Gasteiger partial charge in [-0.2, -0.15) is 0 Å². The van der Waals surface area contributed by atoms with Crippen LogP contribution in [-0.2, 0) is 5.75 Å². The van der Waals surface area contributed by atoms with Crippen molar-refractivity contribution in [2.75, 3.05) is 0 Å². The SMILES string of the molecule is Cc1ccccc1CSc1nc(-c2ccc(Cl)cc2)cs1. The Kier molecular flexibility index (Phi) is 4.63. The van der Waals surface area contributed by atoms with Crippen LogP contribution in [0.15, 0.2) is 58.3 Å². The molecule has 106 valence electrons. The maximum Gasteiger partial charge on any atom is 0.150 e. The van der Waals surface area contributed by atoms with E-state index in [1.54, 1.807) is 23.1 Å². The summed E-state index contributed by atoms with van der Waals surface area (Å²) in [6, 6.07) is 16.3. The van der Waals surface area contributed by atoms with Crippen LogP contribution in [0.3, 0.4) is 0 Å². The van der Waals surface area contributed by atoms with Crippen LogP contribution in [0.25, 0.3) is 11.3 Å². The molecule has 0 amide bonds. The van der Waals surface area contributed by atoms with Crippen LogP contribution in [0.4, 0.5) is 0 Å². The molecule has 0 unspecified atom stereocenters. The summed E-state index contributed by atoms with van der Waals surface area (Å²) in [5.41, 5.74) is 4.83. The Labute approximate surface area is 138 Å². The van der Waals surface area contributed by atoms with E-state index >= 15 is 0 Å². The van der Waals surface area contributed by atoms with Crippen LogP contribution in [0.2, 0.25) is 5.02 Å². The van der Waals surface area contributed by atoms with E-state index in [2.05, 4.69) is 36.6 Å². The number of thioether (sulfide) groups is 1. The molecular weight excluding hydrogens is 318 g/mol. The molecular formula is C17H14ClNS2. The van der Waals surface area contributed by atoms with E-state index in [4.69, 9.17) is 16.6 Å². The van der Waals surface area contributed by atoms with Crippen LogP contribution in [0.1, 0.15) is 11.1 Å². The zero-order chi connectivity index (χ0) is 14.7. The molecule has 0 aliphatic rings. The molecule has 1 heterocycles. The van der Waals surface area contributed by atoms with E-state index in [0.29, 0.717) is 0 Å². The highest BCUT2D eigenvalue weighted by Crippen LogP contribution is 2.31. The smallest absolute Gasteiger partial charge is 0.150 e. The first-order chi connectivity index (χ1) is 10.2. The van der Waals surface area contributed by atoms with E-state index < -0.39 is 0 Å². The molecule has 0 atom stereocenters. The monoisotopic (exact) mass is 331 g/mol. The third-order valence-electron chi connectivity index (χ3n) is 3.24. The van der Waals surface area contributed by atoms with Crippen molar-refractivity contribution in [2.24, 2.45) is 0 Å². The molecule has 0 bridgehead atoms. The second kappa shape index (κ2) is 6.65. The number of benzene rings is 2. The molecule has 4 heteroatoms. The van der Waals surface area contributed by atoms with Gasteiger partial charge in [-0.05, 0) is 30.2 Å². The standard InChI is InChI=1S/C17H14ClNS2/c1-12-4-2-3-5-14(12)10-20-17-19-16(11-21-17)13-6-8-15(18)9-7-13/h2-9,11H,10H2,1H3. The van der Waals surface area contributed by atoms with E-state index in [-0.39, 0.29) is 0 Å². The van der Waals surface area contributed by atoms with Gasteiger partial charge in [0.05, 0.1) is 5.69 Å². The molecule has 0 saturated carbocycles. The predicted octanol–water partition coefficient (Wildman–Crippen LogP) is 6.06. The zero-order valence-corrected chi connectivity index (χ0v) is 13.9. The lowest BCUT2D eigenvalue weighted by molar-refractivity contribution is 1.24. The van der Waals surface area contributed by atoms with Crippen molar-refractivity contribution in [3.05, 3.63) is 70.1 Å². The lowest BCUT2D eigenvalue weighted by Crippen LogP contribution is -1.85. The number of aryl methyl sites for hydroxylation is 1. The molecule has 0 N–H and O–H groups in total. The number of rotatable bonds is 4. The number of aromatic nitrogens is 1. The van der Waals surface area contributed by atoms with Gasteiger partial charge in [-0.1, -0.05) is 59.8 Å². The van der Waals surface area contributed by atoms with Gasteiger partial charge in [0.25, 0.3) is 0 Å². The minimum absolute atomic E-state index is 0.753. The Hall–Kier alpha value is -1.29. The second-order valence-electron chi connectivity index (χ2n) is 4.72. The normalized spacial score (nSPS) is 10.8. The van der Waals surface area contributed by atoms with E-state index in [9.17, 15) is 0 Å².